The number of amides is 4. The van der Waals surface area contributed by atoms with E-state index in [4.69, 9.17) is 4.74 Å². The Kier molecular flexibility index (Phi) is 3.78. The first kappa shape index (κ1) is 13.7. The maximum Gasteiger partial charge on any atom is 0.359 e. The summed E-state index contributed by atoms with van der Waals surface area (Å²) < 4.78 is 4.87. The van der Waals surface area contributed by atoms with Gasteiger partial charge in [0.1, 0.15) is 0 Å². The Hall–Kier alpha value is -2.71. The van der Waals surface area contributed by atoms with E-state index in [0.717, 1.165) is 12.3 Å². The summed E-state index contributed by atoms with van der Waals surface area (Å²) in [7, 11) is 0. The molecule has 0 bridgehead atoms. The largest absolute Gasteiger partial charge is 0.487 e. The number of hydroxylamine groups is 2. The fourth-order valence-electron chi connectivity index (χ4n) is 1.61. The molecule has 0 aromatic heterocycles. The zero-order valence-corrected chi connectivity index (χ0v) is 10.2. The third-order valence-corrected chi connectivity index (χ3v) is 2.56. The van der Waals surface area contributed by atoms with E-state index in [1.807, 2.05) is 5.32 Å². The van der Waals surface area contributed by atoms with Crippen molar-refractivity contribution in [3.63, 3.8) is 0 Å². The quantitative estimate of drug-likeness (QED) is 0.380. The molecule has 9 heteroatoms. The molecular weight excluding hydrogens is 272 g/mol. The first-order valence-electron chi connectivity index (χ1n) is 5.71. The Labute approximate surface area is 112 Å². The van der Waals surface area contributed by atoms with Crippen LogP contribution in [0.5, 0.6) is 0 Å². The van der Waals surface area contributed by atoms with Gasteiger partial charge in [0.25, 0.3) is 17.7 Å². The number of carbonyl (C=O) groups excluding carboxylic acids is 5. The molecule has 2 aliphatic rings. The van der Waals surface area contributed by atoms with Crippen LogP contribution in [0.4, 0.5) is 0 Å². The number of hydrogen-bond donors (Lipinski definition) is 1. The van der Waals surface area contributed by atoms with Crippen LogP contribution >= 0.6 is 0 Å². The number of carbonyl (C=O) groups is 5. The Balaban J connectivity index is 1.81. The minimum absolute atomic E-state index is 0.00329. The van der Waals surface area contributed by atoms with Crippen molar-refractivity contribution in [3.05, 3.63) is 12.3 Å². The minimum atomic E-state index is -1.00. The topological polar surface area (TPSA) is 119 Å². The lowest BCUT2D eigenvalue weighted by atomic mass is 10.3. The Morgan fingerprint density at radius 1 is 1.20 bits per heavy atom. The number of ether oxygens (including phenoxy) is 1. The summed E-state index contributed by atoms with van der Waals surface area (Å²) in [6, 6.07) is 0. The summed E-state index contributed by atoms with van der Waals surface area (Å²) in [6.07, 6.45) is 0.529. The van der Waals surface area contributed by atoms with E-state index in [0.29, 0.717) is 5.06 Å². The fourth-order valence-corrected chi connectivity index (χ4v) is 1.61. The molecule has 0 saturated carbocycles. The van der Waals surface area contributed by atoms with Gasteiger partial charge in [-0.2, -0.15) is 0 Å². The Morgan fingerprint density at radius 3 is 2.40 bits per heavy atom. The highest BCUT2D eigenvalue weighted by molar-refractivity contribution is 6.05. The molecule has 1 N–H and O–H groups in total. The molecule has 0 spiro atoms. The van der Waals surface area contributed by atoms with E-state index in [2.05, 4.69) is 4.84 Å². The summed E-state index contributed by atoms with van der Waals surface area (Å²) in [5.74, 6) is -3.27. The monoisotopic (exact) mass is 282 g/mol. The molecule has 4 amide bonds. The molecule has 0 aromatic carbocycles. The van der Waals surface area contributed by atoms with Gasteiger partial charge in [0, 0.05) is 12.8 Å². The van der Waals surface area contributed by atoms with Gasteiger partial charge in [-0.25, -0.2) is 4.79 Å². The van der Waals surface area contributed by atoms with Gasteiger partial charge < -0.3 is 9.57 Å². The molecule has 20 heavy (non-hydrogen) atoms. The van der Waals surface area contributed by atoms with Crippen molar-refractivity contribution in [2.45, 2.75) is 25.4 Å². The first-order chi connectivity index (χ1) is 9.47. The molecule has 1 atom stereocenters. The zero-order chi connectivity index (χ0) is 14.7. The summed E-state index contributed by atoms with van der Waals surface area (Å²) >= 11 is 0. The Morgan fingerprint density at radius 2 is 1.85 bits per heavy atom. The van der Waals surface area contributed by atoms with Gasteiger partial charge in [-0.05, 0) is 0 Å². The van der Waals surface area contributed by atoms with Gasteiger partial charge >= 0.3 is 5.97 Å². The average Bonchev–Trinajstić information content (AvgIpc) is 2.86. The lowest BCUT2D eigenvalue weighted by Gasteiger charge is -2.10. The van der Waals surface area contributed by atoms with Gasteiger partial charge in [0.15, 0.2) is 6.10 Å². The van der Waals surface area contributed by atoms with Crippen LogP contribution in [0.2, 0.25) is 0 Å². The number of nitrogens with one attached hydrogen (secondary N) is 1. The standard InChI is InChI=1S/C11H10N2O7/c14-7-5-6(11(18)12-7)19-4-3-10(17)20-13-8(15)1-2-9(13)16/h3-4,6H,1-2,5H2,(H,12,14,18). The maximum absolute atomic E-state index is 11.3. The molecule has 106 valence electrons. The number of rotatable bonds is 4. The van der Waals surface area contributed by atoms with E-state index in [-0.39, 0.29) is 19.3 Å². The van der Waals surface area contributed by atoms with Gasteiger partial charge in [-0.3, -0.25) is 24.5 Å². The van der Waals surface area contributed by atoms with Crippen LogP contribution in [-0.4, -0.2) is 40.8 Å². The van der Waals surface area contributed by atoms with Gasteiger partial charge in [0.05, 0.1) is 18.8 Å². The third-order valence-electron chi connectivity index (χ3n) is 2.56. The first-order valence-corrected chi connectivity index (χ1v) is 5.71. The van der Waals surface area contributed by atoms with Crippen LogP contribution < -0.4 is 5.32 Å². The highest BCUT2D eigenvalue weighted by Gasteiger charge is 2.33. The molecular formula is C11H10N2O7. The van der Waals surface area contributed by atoms with E-state index in [1.165, 1.54) is 0 Å². The van der Waals surface area contributed by atoms with Gasteiger partial charge in [-0.15, -0.1) is 5.06 Å². The van der Waals surface area contributed by atoms with Crippen LogP contribution in [0.3, 0.4) is 0 Å². The van der Waals surface area contributed by atoms with Crippen molar-refractivity contribution in [1.29, 1.82) is 0 Å². The minimum Gasteiger partial charge on any atom is -0.487 e. The summed E-state index contributed by atoms with van der Waals surface area (Å²) in [4.78, 5) is 60.1. The van der Waals surface area contributed by atoms with E-state index >= 15 is 0 Å². The molecule has 2 saturated heterocycles. The molecule has 1 unspecified atom stereocenters. The van der Waals surface area contributed by atoms with Crippen molar-refractivity contribution in [2.24, 2.45) is 0 Å². The predicted molar refractivity (Wildman–Crippen MR) is 59.0 cm³/mol. The normalized spacial score (nSPS) is 22.6. The molecule has 0 radical (unpaired) electrons. The molecule has 2 fully saturated rings. The molecule has 2 rings (SSSR count). The van der Waals surface area contributed by atoms with Crippen molar-refractivity contribution in [2.75, 3.05) is 0 Å². The average molecular weight is 282 g/mol. The van der Waals surface area contributed by atoms with E-state index in [1.54, 1.807) is 0 Å². The number of hydrogen-bond acceptors (Lipinski definition) is 7. The highest BCUT2D eigenvalue weighted by atomic mass is 16.7. The lowest BCUT2D eigenvalue weighted by molar-refractivity contribution is -0.193. The number of imide groups is 2. The molecule has 2 aliphatic heterocycles. The second kappa shape index (κ2) is 5.51. The smallest absolute Gasteiger partial charge is 0.359 e. The summed E-state index contributed by atoms with van der Waals surface area (Å²) in [5, 5.41) is 2.41. The SMILES string of the molecule is O=C1CC(OC=CC(=O)ON2C(=O)CCC2=O)C(=O)N1. The van der Waals surface area contributed by atoms with Crippen LogP contribution in [0, 0.1) is 0 Å². The molecule has 0 aliphatic carbocycles. The van der Waals surface area contributed by atoms with Crippen molar-refractivity contribution in [3.8, 4) is 0 Å². The molecule has 0 aromatic rings. The van der Waals surface area contributed by atoms with Gasteiger partial charge in [-0.1, -0.05) is 0 Å². The fraction of sp³-hybridized carbons (Fsp3) is 0.364. The highest BCUT2D eigenvalue weighted by Crippen LogP contribution is 2.12. The van der Waals surface area contributed by atoms with Crippen LogP contribution in [0.25, 0.3) is 0 Å². The number of nitrogens with zero attached hydrogens (tertiary/aromatic N) is 1. The molecule has 2 heterocycles. The zero-order valence-electron chi connectivity index (χ0n) is 10.2. The predicted octanol–water partition coefficient (Wildman–Crippen LogP) is -1.46. The molecule has 9 nitrogen and oxygen atoms in total. The van der Waals surface area contributed by atoms with Crippen molar-refractivity contribution >= 4 is 29.6 Å². The summed E-state index contributed by atoms with van der Waals surface area (Å²) in [5.41, 5.74) is 0. The van der Waals surface area contributed by atoms with Crippen LogP contribution in [0.15, 0.2) is 12.3 Å². The van der Waals surface area contributed by atoms with E-state index < -0.39 is 35.7 Å². The van der Waals surface area contributed by atoms with Crippen molar-refractivity contribution in [1.82, 2.24) is 10.4 Å². The third kappa shape index (κ3) is 2.99. The maximum atomic E-state index is 11.3. The summed E-state index contributed by atoms with van der Waals surface area (Å²) in [6.45, 7) is 0. The van der Waals surface area contributed by atoms with Crippen LogP contribution in [-0.2, 0) is 33.5 Å². The van der Waals surface area contributed by atoms with Crippen LogP contribution in [0.1, 0.15) is 19.3 Å². The second-order valence-electron chi connectivity index (χ2n) is 4.04. The van der Waals surface area contributed by atoms with Gasteiger partial charge in [0.2, 0.25) is 5.91 Å². The Bertz CT molecular complexity index is 509. The second-order valence-corrected chi connectivity index (χ2v) is 4.04. The van der Waals surface area contributed by atoms with E-state index in [9.17, 15) is 24.0 Å². The lowest BCUT2D eigenvalue weighted by Crippen LogP contribution is -2.31. The van der Waals surface area contributed by atoms with Crippen molar-refractivity contribution < 1.29 is 33.5 Å².